The zero-order valence-electron chi connectivity index (χ0n) is 11.9. The maximum atomic E-state index is 11.6. The van der Waals surface area contributed by atoms with E-state index in [1.807, 2.05) is 38.4 Å². The Bertz CT molecular complexity index is 377. The van der Waals surface area contributed by atoms with E-state index in [1.165, 1.54) is 0 Å². The summed E-state index contributed by atoms with van der Waals surface area (Å²) in [7, 11) is 5.67. The summed E-state index contributed by atoms with van der Waals surface area (Å²) in [6, 6.07) is 7.49. The summed E-state index contributed by atoms with van der Waals surface area (Å²) in [5, 5.41) is 5.95. The fourth-order valence-corrected chi connectivity index (χ4v) is 1.58. The van der Waals surface area contributed by atoms with Crippen LogP contribution >= 0.6 is 0 Å². The van der Waals surface area contributed by atoms with Gasteiger partial charge < -0.3 is 20.3 Å². The molecule has 0 aliphatic rings. The third kappa shape index (κ3) is 6.67. The number of carbonyl (C=O) groups excluding carboxylic acids is 1. The summed E-state index contributed by atoms with van der Waals surface area (Å²) in [6.45, 7) is 1.97. The Labute approximate surface area is 114 Å². The first-order valence-electron chi connectivity index (χ1n) is 6.41. The Hall–Kier alpha value is -1.75. The Balaban J connectivity index is 2.18. The van der Waals surface area contributed by atoms with Gasteiger partial charge in [-0.2, -0.15) is 0 Å². The van der Waals surface area contributed by atoms with Crippen LogP contribution in [0, 0.1) is 0 Å². The Morgan fingerprint density at radius 2 is 1.95 bits per heavy atom. The van der Waals surface area contributed by atoms with Gasteiger partial charge in [0.2, 0.25) is 5.91 Å². The molecule has 0 atom stereocenters. The number of nitrogens with zero attached hydrogens (tertiary/aromatic N) is 1. The van der Waals surface area contributed by atoms with Gasteiger partial charge in [0.15, 0.2) is 0 Å². The van der Waals surface area contributed by atoms with E-state index in [-0.39, 0.29) is 12.5 Å². The Kier molecular flexibility index (Phi) is 6.74. The second kappa shape index (κ2) is 8.37. The average molecular weight is 265 g/mol. The van der Waals surface area contributed by atoms with Crippen molar-refractivity contribution in [3.05, 3.63) is 24.3 Å². The number of hydrogen-bond acceptors (Lipinski definition) is 4. The van der Waals surface area contributed by atoms with Gasteiger partial charge in [0.1, 0.15) is 5.75 Å². The van der Waals surface area contributed by atoms with Gasteiger partial charge in [0.25, 0.3) is 0 Å². The zero-order valence-corrected chi connectivity index (χ0v) is 11.9. The molecule has 0 unspecified atom stereocenters. The van der Waals surface area contributed by atoms with Crippen molar-refractivity contribution in [3.8, 4) is 5.75 Å². The van der Waals surface area contributed by atoms with Crippen molar-refractivity contribution in [2.45, 2.75) is 6.42 Å². The summed E-state index contributed by atoms with van der Waals surface area (Å²) in [4.78, 5) is 13.7. The summed E-state index contributed by atoms with van der Waals surface area (Å²) in [5.41, 5.74) is 0.907. The lowest BCUT2D eigenvalue weighted by atomic mass is 10.3. The van der Waals surface area contributed by atoms with E-state index in [2.05, 4.69) is 15.5 Å². The highest BCUT2D eigenvalue weighted by atomic mass is 16.5. The normalized spacial score (nSPS) is 10.3. The molecule has 0 aliphatic heterocycles. The monoisotopic (exact) mass is 265 g/mol. The number of carbonyl (C=O) groups is 1. The average Bonchev–Trinajstić information content (AvgIpc) is 2.41. The van der Waals surface area contributed by atoms with Crippen LogP contribution < -0.4 is 15.4 Å². The van der Waals surface area contributed by atoms with Crippen LogP contribution in [-0.2, 0) is 4.79 Å². The van der Waals surface area contributed by atoms with E-state index in [0.29, 0.717) is 6.54 Å². The summed E-state index contributed by atoms with van der Waals surface area (Å²) in [6.07, 6.45) is 0.960. The van der Waals surface area contributed by atoms with Gasteiger partial charge in [-0.3, -0.25) is 4.79 Å². The highest BCUT2D eigenvalue weighted by Gasteiger charge is 2.01. The Morgan fingerprint density at radius 1 is 1.26 bits per heavy atom. The first-order valence-corrected chi connectivity index (χ1v) is 6.41. The lowest BCUT2D eigenvalue weighted by Crippen LogP contribution is -2.31. The van der Waals surface area contributed by atoms with E-state index < -0.39 is 0 Å². The second-order valence-corrected chi connectivity index (χ2v) is 4.59. The third-order valence-electron chi connectivity index (χ3n) is 2.65. The van der Waals surface area contributed by atoms with Crippen LogP contribution in [0.5, 0.6) is 5.75 Å². The summed E-state index contributed by atoms with van der Waals surface area (Å²) in [5.74, 6) is 0.813. The van der Waals surface area contributed by atoms with E-state index in [1.54, 1.807) is 7.11 Å². The topological polar surface area (TPSA) is 53.6 Å². The highest BCUT2D eigenvalue weighted by molar-refractivity contribution is 5.80. The van der Waals surface area contributed by atoms with Crippen molar-refractivity contribution < 1.29 is 9.53 Å². The fourth-order valence-electron chi connectivity index (χ4n) is 1.58. The molecule has 1 amide bonds. The molecule has 0 heterocycles. The van der Waals surface area contributed by atoms with Gasteiger partial charge in [-0.05, 0) is 51.3 Å². The fraction of sp³-hybridized carbons (Fsp3) is 0.500. The van der Waals surface area contributed by atoms with Crippen LogP contribution in [0.1, 0.15) is 6.42 Å². The molecular weight excluding hydrogens is 242 g/mol. The number of amides is 1. The maximum absolute atomic E-state index is 11.6. The van der Waals surface area contributed by atoms with E-state index in [9.17, 15) is 4.79 Å². The van der Waals surface area contributed by atoms with Crippen LogP contribution in [0.25, 0.3) is 0 Å². The van der Waals surface area contributed by atoms with E-state index in [4.69, 9.17) is 4.74 Å². The van der Waals surface area contributed by atoms with Crippen molar-refractivity contribution in [1.82, 2.24) is 10.2 Å². The van der Waals surface area contributed by atoms with Crippen LogP contribution in [0.2, 0.25) is 0 Å². The lowest BCUT2D eigenvalue weighted by molar-refractivity contribution is -0.119. The van der Waals surface area contributed by atoms with Crippen molar-refractivity contribution in [2.75, 3.05) is 46.2 Å². The quantitative estimate of drug-likeness (QED) is 0.693. The minimum atomic E-state index is 0.00886. The molecular formula is C14H23N3O2. The smallest absolute Gasteiger partial charge is 0.239 e. The molecule has 1 rings (SSSR count). The zero-order chi connectivity index (χ0) is 14.1. The number of methoxy groups -OCH3 is 1. The molecule has 0 radical (unpaired) electrons. The number of ether oxygens (including phenoxy) is 1. The molecule has 1 aromatic rings. The predicted molar refractivity (Wildman–Crippen MR) is 77.7 cm³/mol. The first kappa shape index (κ1) is 15.3. The van der Waals surface area contributed by atoms with Gasteiger partial charge in [-0.1, -0.05) is 0 Å². The maximum Gasteiger partial charge on any atom is 0.239 e. The molecule has 0 saturated heterocycles. The standard InChI is InChI=1S/C14H23N3O2/c1-17(2)10-4-9-15-14(18)11-16-12-5-7-13(19-3)8-6-12/h5-8,16H,4,9-11H2,1-3H3,(H,15,18). The van der Waals surface area contributed by atoms with Gasteiger partial charge in [-0.25, -0.2) is 0 Å². The minimum Gasteiger partial charge on any atom is -0.497 e. The van der Waals surface area contributed by atoms with Gasteiger partial charge in [0.05, 0.1) is 13.7 Å². The molecule has 5 heteroatoms. The molecule has 0 bridgehead atoms. The van der Waals surface area contributed by atoms with Crippen molar-refractivity contribution in [3.63, 3.8) is 0 Å². The predicted octanol–water partition coefficient (Wildman–Crippen LogP) is 1.17. The number of rotatable bonds is 8. The third-order valence-corrected chi connectivity index (χ3v) is 2.65. The van der Waals surface area contributed by atoms with Crippen molar-refractivity contribution in [1.29, 1.82) is 0 Å². The van der Waals surface area contributed by atoms with Crippen LogP contribution in [-0.4, -0.2) is 51.6 Å². The second-order valence-electron chi connectivity index (χ2n) is 4.59. The molecule has 0 fully saturated rings. The van der Waals surface area contributed by atoms with Gasteiger partial charge in [-0.15, -0.1) is 0 Å². The molecule has 0 spiro atoms. The minimum absolute atomic E-state index is 0.00886. The van der Waals surface area contributed by atoms with E-state index in [0.717, 1.165) is 24.4 Å². The first-order chi connectivity index (χ1) is 9.11. The van der Waals surface area contributed by atoms with Gasteiger partial charge >= 0.3 is 0 Å². The molecule has 0 aromatic heterocycles. The Morgan fingerprint density at radius 3 is 2.53 bits per heavy atom. The largest absolute Gasteiger partial charge is 0.497 e. The molecule has 2 N–H and O–H groups in total. The molecule has 1 aromatic carbocycles. The number of anilines is 1. The summed E-state index contributed by atoms with van der Waals surface area (Å²) < 4.78 is 5.07. The summed E-state index contributed by atoms with van der Waals surface area (Å²) >= 11 is 0. The number of benzene rings is 1. The molecule has 19 heavy (non-hydrogen) atoms. The van der Waals surface area contributed by atoms with Crippen LogP contribution in [0.3, 0.4) is 0 Å². The van der Waals surface area contributed by atoms with Gasteiger partial charge in [0, 0.05) is 12.2 Å². The van der Waals surface area contributed by atoms with E-state index >= 15 is 0 Å². The SMILES string of the molecule is COc1ccc(NCC(=O)NCCCN(C)C)cc1. The lowest BCUT2D eigenvalue weighted by Gasteiger charge is -2.10. The molecule has 5 nitrogen and oxygen atoms in total. The van der Waals surface area contributed by atoms with Crippen LogP contribution in [0.4, 0.5) is 5.69 Å². The molecule has 0 saturated carbocycles. The number of hydrogen-bond donors (Lipinski definition) is 2. The van der Waals surface area contributed by atoms with Crippen molar-refractivity contribution in [2.24, 2.45) is 0 Å². The number of nitrogens with one attached hydrogen (secondary N) is 2. The highest BCUT2D eigenvalue weighted by Crippen LogP contribution is 2.14. The molecule has 0 aliphatic carbocycles. The van der Waals surface area contributed by atoms with Crippen molar-refractivity contribution >= 4 is 11.6 Å². The van der Waals surface area contributed by atoms with Crippen LogP contribution in [0.15, 0.2) is 24.3 Å². The molecule has 106 valence electrons.